The maximum Gasteiger partial charge on any atom is 0.0641 e. The van der Waals surface area contributed by atoms with Gasteiger partial charge in [0.25, 0.3) is 0 Å². The molecule has 2 heteroatoms. The molecule has 2 aliphatic rings. The van der Waals surface area contributed by atoms with Crippen molar-refractivity contribution in [1.82, 2.24) is 4.90 Å². The zero-order valence-electron chi connectivity index (χ0n) is 12.2. The summed E-state index contributed by atoms with van der Waals surface area (Å²) < 4.78 is 0. The summed E-state index contributed by atoms with van der Waals surface area (Å²) in [7, 11) is 0. The number of likely N-dealkylation sites (tertiary alicyclic amines) is 1. The van der Waals surface area contributed by atoms with Crippen molar-refractivity contribution in [2.24, 2.45) is 5.92 Å². The summed E-state index contributed by atoms with van der Waals surface area (Å²) in [6.45, 7) is 1.17. The lowest BCUT2D eigenvalue weighted by molar-refractivity contribution is 0.136. The van der Waals surface area contributed by atoms with Crippen molar-refractivity contribution < 1.29 is 0 Å². The van der Waals surface area contributed by atoms with Crippen molar-refractivity contribution in [3.05, 3.63) is 35.9 Å². The first-order valence-electron chi connectivity index (χ1n) is 8.08. The van der Waals surface area contributed by atoms with Crippen LogP contribution in [0.5, 0.6) is 0 Å². The van der Waals surface area contributed by atoms with E-state index in [1.54, 1.807) is 0 Å². The average molecular weight is 268 g/mol. The molecule has 0 aromatic heterocycles. The predicted molar refractivity (Wildman–Crippen MR) is 81.1 cm³/mol. The molecule has 1 aliphatic carbocycles. The molecule has 0 bridgehead atoms. The molecule has 2 nitrogen and oxygen atoms in total. The summed E-state index contributed by atoms with van der Waals surface area (Å²) in [6.07, 6.45) is 8.86. The van der Waals surface area contributed by atoms with E-state index in [2.05, 4.69) is 41.3 Å². The summed E-state index contributed by atoms with van der Waals surface area (Å²) in [5, 5.41) is 9.23. The highest BCUT2D eigenvalue weighted by Crippen LogP contribution is 2.40. The molecule has 0 radical (unpaired) electrons. The predicted octanol–water partition coefficient (Wildman–Crippen LogP) is 4.30. The molecule has 2 atom stereocenters. The SMILES string of the molecule is N#CCC(c1ccccc1)N1CCCC1C1CCCC1. The van der Waals surface area contributed by atoms with Crippen LogP contribution in [0.4, 0.5) is 0 Å². The molecule has 1 aliphatic heterocycles. The molecule has 2 unspecified atom stereocenters. The maximum absolute atomic E-state index is 9.23. The van der Waals surface area contributed by atoms with Crippen LogP contribution in [0.3, 0.4) is 0 Å². The van der Waals surface area contributed by atoms with Gasteiger partial charge in [-0.3, -0.25) is 4.90 Å². The van der Waals surface area contributed by atoms with E-state index in [1.807, 2.05) is 0 Å². The van der Waals surface area contributed by atoms with E-state index in [-0.39, 0.29) is 0 Å². The zero-order chi connectivity index (χ0) is 13.8. The van der Waals surface area contributed by atoms with Crippen molar-refractivity contribution in [3.63, 3.8) is 0 Å². The fourth-order valence-corrected chi connectivity index (χ4v) is 4.24. The minimum absolute atomic E-state index is 0.300. The van der Waals surface area contributed by atoms with Gasteiger partial charge in [0.2, 0.25) is 0 Å². The summed E-state index contributed by atoms with van der Waals surface area (Å²) in [5.74, 6) is 0.877. The first kappa shape index (κ1) is 13.6. The van der Waals surface area contributed by atoms with Crippen LogP contribution in [0.2, 0.25) is 0 Å². The van der Waals surface area contributed by atoms with Gasteiger partial charge >= 0.3 is 0 Å². The largest absolute Gasteiger partial charge is 0.292 e. The standard InChI is InChI=1S/C18H24N2/c19-13-12-18(16-7-2-1-3-8-16)20-14-6-11-17(20)15-9-4-5-10-15/h1-3,7-8,15,17-18H,4-6,9-12,14H2. The van der Waals surface area contributed by atoms with E-state index in [1.165, 1.54) is 50.6 Å². The van der Waals surface area contributed by atoms with E-state index in [9.17, 15) is 5.26 Å². The van der Waals surface area contributed by atoms with Gasteiger partial charge in [-0.1, -0.05) is 43.2 Å². The molecule has 0 amide bonds. The third-order valence-electron chi connectivity index (χ3n) is 5.16. The molecule has 20 heavy (non-hydrogen) atoms. The van der Waals surface area contributed by atoms with Gasteiger partial charge in [-0.2, -0.15) is 5.26 Å². The number of hydrogen-bond donors (Lipinski definition) is 0. The van der Waals surface area contributed by atoms with Gasteiger partial charge in [-0.05, 0) is 43.7 Å². The second kappa shape index (κ2) is 6.41. The van der Waals surface area contributed by atoms with Crippen LogP contribution < -0.4 is 0 Å². The number of nitrogens with zero attached hydrogens (tertiary/aromatic N) is 2. The molecule has 1 heterocycles. The molecule has 1 aromatic carbocycles. The van der Waals surface area contributed by atoms with Gasteiger partial charge in [-0.25, -0.2) is 0 Å². The molecular formula is C18H24N2. The quantitative estimate of drug-likeness (QED) is 0.814. The molecular weight excluding hydrogens is 244 g/mol. The van der Waals surface area contributed by atoms with Crippen LogP contribution in [0.25, 0.3) is 0 Å². The van der Waals surface area contributed by atoms with E-state index < -0.39 is 0 Å². The molecule has 1 saturated heterocycles. The molecule has 0 spiro atoms. The molecule has 3 rings (SSSR count). The Morgan fingerprint density at radius 3 is 2.55 bits per heavy atom. The number of rotatable bonds is 4. The second-order valence-electron chi connectivity index (χ2n) is 6.28. The van der Waals surface area contributed by atoms with Crippen LogP contribution in [0.1, 0.15) is 56.6 Å². The van der Waals surface area contributed by atoms with Gasteiger partial charge in [0, 0.05) is 12.1 Å². The average Bonchev–Trinajstić information content (AvgIpc) is 3.16. The summed E-state index contributed by atoms with van der Waals surface area (Å²) in [6, 6.07) is 14.1. The third kappa shape index (κ3) is 2.74. The lowest BCUT2D eigenvalue weighted by Gasteiger charge is -2.35. The minimum atomic E-state index is 0.300. The first-order chi connectivity index (χ1) is 9.90. The van der Waals surface area contributed by atoms with Crippen molar-refractivity contribution in [3.8, 4) is 6.07 Å². The number of nitriles is 1. The number of benzene rings is 1. The van der Waals surface area contributed by atoms with E-state index >= 15 is 0 Å². The Balaban J connectivity index is 1.81. The smallest absolute Gasteiger partial charge is 0.0641 e. The molecule has 0 N–H and O–H groups in total. The fraction of sp³-hybridized carbons (Fsp3) is 0.611. The van der Waals surface area contributed by atoms with Gasteiger partial charge in [0.1, 0.15) is 0 Å². The lowest BCUT2D eigenvalue weighted by Crippen LogP contribution is -2.37. The lowest BCUT2D eigenvalue weighted by atomic mass is 9.93. The highest BCUT2D eigenvalue weighted by Gasteiger charge is 2.37. The molecule has 2 fully saturated rings. The fourth-order valence-electron chi connectivity index (χ4n) is 4.24. The van der Waals surface area contributed by atoms with Gasteiger partial charge < -0.3 is 0 Å². The monoisotopic (exact) mass is 268 g/mol. The normalized spacial score (nSPS) is 25.6. The Labute approximate surface area is 122 Å². The van der Waals surface area contributed by atoms with Crippen LogP contribution in [-0.2, 0) is 0 Å². The topological polar surface area (TPSA) is 27.0 Å². The highest BCUT2D eigenvalue weighted by atomic mass is 15.2. The maximum atomic E-state index is 9.23. The Morgan fingerprint density at radius 2 is 1.85 bits per heavy atom. The summed E-state index contributed by atoms with van der Waals surface area (Å²) >= 11 is 0. The first-order valence-corrected chi connectivity index (χ1v) is 8.08. The van der Waals surface area contributed by atoms with Crippen LogP contribution >= 0.6 is 0 Å². The Kier molecular flexibility index (Phi) is 4.38. The zero-order valence-corrected chi connectivity index (χ0v) is 12.2. The highest BCUT2D eigenvalue weighted by molar-refractivity contribution is 5.21. The Hall–Kier alpha value is -1.33. The summed E-state index contributed by atoms with van der Waals surface area (Å²) in [4.78, 5) is 2.65. The van der Waals surface area contributed by atoms with Gasteiger partial charge in [-0.15, -0.1) is 0 Å². The van der Waals surface area contributed by atoms with Crippen molar-refractivity contribution in [2.75, 3.05) is 6.54 Å². The van der Waals surface area contributed by atoms with Crippen LogP contribution in [0, 0.1) is 17.2 Å². The van der Waals surface area contributed by atoms with E-state index in [4.69, 9.17) is 0 Å². The van der Waals surface area contributed by atoms with Crippen LogP contribution in [-0.4, -0.2) is 17.5 Å². The van der Waals surface area contributed by atoms with Crippen LogP contribution in [0.15, 0.2) is 30.3 Å². The van der Waals surface area contributed by atoms with Crippen molar-refractivity contribution in [2.45, 2.75) is 57.0 Å². The Morgan fingerprint density at radius 1 is 1.10 bits per heavy atom. The van der Waals surface area contributed by atoms with Crippen molar-refractivity contribution in [1.29, 1.82) is 5.26 Å². The number of hydrogen-bond acceptors (Lipinski definition) is 2. The molecule has 1 saturated carbocycles. The van der Waals surface area contributed by atoms with Gasteiger partial charge in [0.15, 0.2) is 0 Å². The third-order valence-corrected chi connectivity index (χ3v) is 5.16. The van der Waals surface area contributed by atoms with Gasteiger partial charge in [0.05, 0.1) is 12.5 Å². The summed E-state index contributed by atoms with van der Waals surface area (Å²) in [5.41, 5.74) is 1.32. The van der Waals surface area contributed by atoms with E-state index in [0.29, 0.717) is 12.5 Å². The second-order valence-corrected chi connectivity index (χ2v) is 6.28. The molecule has 1 aromatic rings. The molecule has 106 valence electrons. The Bertz CT molecular complexity index is 456. The van der Waals surface area contributed by atoms with E-state index in [0.717, 1.165) is 12.0 Å². The van der Waals surface area contributed by atoms with Crippen molar-refractivity contribution >= 4 is 0 Å². The minimum Gasteiger partial charge on any atom is -0.292 e.